The van der Waals surface area contributed by atoms with Crippen LogP contribution in [0.5, 0.6) is 0 Å². The lowest BCUT2D eigenvalue weighted by molar-refractivity contribution is -0.118. The summed E-state index contributed by atoms with van der Waals surface area (Å²) < 4.78 is 0. The number of fused-ring (bicyclic) bond motifs is 1. The number of hydrogen-bond acceptors (Lipinski definition) is 3. The van der Waals surface area contributed by atoms with Crippen LogP contribution in [0, 0.1) is 0 Å². The van der Waals surface area contributed by atoms with Gasteiger partial charge in [-0.25, -0.2) is 0 Å². The van der Waals surface area contributed by atoms with Crippen LogP contribution >= 0.6 is 0 Å². The Labute approximate surface area is 102 Å². The van der Waals surface area contributed by atoms with Crippen molar-refractivity contribution in [2.45, 2.75) is 38.1 Å². The van der Waals surface area contributed by atoms with Crippen molar-refractivity contribution >= 4 is 5.91 Å². The number of carbonyl (C=O) groups excluding carboxylic acids is 1. The molecule has 0 bridgehead atoms. The fourth-order valence-corrected chi connectivity index (χ4v) is 2.31. The average molecular weight is 233 g/mol. The van der Waals surface area contributed by atoms with E-state index in [1.54, 1.807) is 0 Å². The summed E-state index contributed by atoms with van der Waals surface area (Å²) in [6.07, 6.45) is 6.43. The molecule has 4 heteroatoms. The normalized spacial score (nSPS) is 18.0. The second-order valence-corrected chi connectivity index (χ2v) is 4.52. The number of aryl methyl sites for hydroxylation is 1. The van der Waals surface area contributed by atoms with Crippen molar-refractivity contribution in [2.75, 3.05) is 6.54 Å². The van der Waals surface area contributed by atoms with Crippen LogP contribution in [-0.2, 0) is 11.2 Å². The molecule has 2 rings (SSSR count). The van der Waals surface area contributed by atoms with E-state index in [2.05, 4.69) is 16.4 Å². The van der Waals surface area contributed by atoms with Gasteiger partial charge in [0.1, 0.15) is 0 Å². The Bertz CT molecular complexity index is 392. The van der Waals surface area contributed by atoms with E-state index in [4.69, 9.17) is 5.73 Å². The first-order valence-electron chi connectivity index (χ1n) is 6.23. The minimum Gasteiger partial charge on any atom is -0.370 e. The maximum atomic E-state index is 10.6. The maximum absolute atomic E-state index is 10.6. The number of nitrogens with one attached hydrogen (secondary N) is 1. The quantitative estimate of drug-likeness (QED) is 0.728. The van der Waals surface area contributed by atoms with Gasteiger partial charge in [-0.05, 0) is 43.9 Å². The lowest BCUT2D eigenvalue weighted by Gasteiger charge is -2.12. The molecule has 1 aliphatic rings. The summed E-state index contributed by atoms with van der Waals surface area (Å²) in [7, 11) is 0. The molecule has 0 radical (unpaired) electrons. The summed E-state index contributed by atoms with van der Waals surface area (Å²) in [4.78, 5) is 15.0. The summed E-state index contributed by atoms with van der Waals surface area (Å²) >= 11 is 0. The zero-order valence-corrected chi connectivity index (χ0v) is 9.98. The van der Waals surface area contributed by atoms with Gasteiger partial charge in [-0.2, -0.15) is 0 Å². The van der Waals surface area contributed by atoms with Crippen molar-refractivity contribution in [1.29, 1.82) is 0 Å². The topological polar surface area (TPSA) is 68.0 Å². The molecule has 1 heterocycles. The highest BCUT2D eigenvalue weighted by atomic mass is 16.1. The number of nitrogens with two attached hydrogens (primary N) is 1. The standard InChI is InChI=1S/C13H19N3O/c14-12(17)5-1-2-8-15-11-7-6-10-4-3-9-16-13(10)11/h3-4,9,11,15H,1-2,5-8H2,(H2,14,17). The maximum Gasteiger partial charge on any atom is 0.217 e. The molecule has 0 aromatic carbocycles. The number of carbonyl (C=O) groups is 1. The van der Waals surface area contributed by atoms with E-state index >= 15 is 0 Å². The van der Waals surface area contributed by atoms with Gasteiger partial charge in [0.25, 0.3) is 0 Å². The van der Waals surface area contributed by atoms with Crippen LogP contribution < -0.4 is 11.1 Å². The van der Waals surface area contributed by atoms with Crippen molar-refractivity contribution in [3.63, 3.8) is 0 Å². The first-order chi connectivity index (χ1) is 8.27. The molecule has 4 nitrogen and oxygen atoms in total. The molecule has 0 spiro atoms. The van der Waals surface area contributed by atoms with Crippen LogP contribution in [0.3, 0.4) is 0 Å². The van der Waals surface area contributed by atoms with E-state index in [1.807, 2.05) is 12.3 Å². The number of nitrogens with zero attached hydrogens (tertiary/aromatic N) is 1. The van der Waals surface area contributed by atoms with Crippen LogP contribution in [0.2, 0.25) is 0 Å². The molecule has 1 unspecified atom stereocenters. The number of rotatable bonds is 6. The fraction of sp³-hybridized carbons (Fsp3) is 0.538. The van der Waals surface area contributed by atoms with Gasteiger partial charge in [-0.3, -0.25) is 9.78 Å². The highest BCUT2D eigenvalue weighted by Gasteiger charge is 2.22. The molecule has 0 saturated carbocycles. The van der Waals surface area contributed by atoms with Crippen LogP contribution in [0.15, 0.2) is 18.3 Å². The molecule has 1 atom stereocenters. The Balaban J connectivity index is 1.73. The van der Waals surface area contributed by atoms with Crippen molar-refractivity contribution in [3.8, 4) is 0 Å². The van der Waals surface area contributed by atoms with E-state index in [1.165, 1.54) is 11.3 Å². The molecule has 17 heavy (non-hydrogen) atoms. The Hall–Kier alpha value is -1.42. The van der Waals surface area contributed by atoms with E-state index in [0.29, 0.717) is 12.5 Å². The second kappa shape index (κ2) is 5.77. The molecule has 1 aliphatic carbocycles. The average Bonchev–Trinajstić information content (AvgIpc) is 2.72. The molecule has 0 saturated heterocycles. The number of aromatic nitrogens is 1. The van der Waals surface area contributed by atoms with Crippen molar-refractivity contribution < 1.29 is 4.79 Å². The van der Waals surface area contributed by atoms with E-state index in [0.717, 1.165) is 32.2 Å². The van der Waals surface area contributed by atoms with E-state index in [9.17, 15) is 4.79 Å². The molecule has 92 valence electrons. The SMILES string of the molecule is NC(=O)CCCCNC1CCc2cccnc21. The highest BCUT2D eigenvalue weighted by Crippen LogP contribution is 2.28. The number of pyridine rings is 1. The first kappa shape index (κ1) is 12.0. The number of amides is 1. The summed E-state index contributed by atoms with van der Waals surface area (Å²) in [6, 6.07) is 4.53. The van der Waals surface area contributed by atoms with Crippen LogP contribution in [0.25, 0.3) is 0 Å². The highest BCUT2D eigenvalue weighted by molar-refractivity contribution is 5.73. The zero-order valence-electron chi connectivity index (χ0n) is 9.98. The third-order valence-electron chi connectivity index (χ3n) is 3.20. The minimum atomic E-state index is -0.210. The van der Waals surface area contributed by atoms with Crippen molar-refractivity contribution in [3.05, 3.63) is 29.6 Å². The Morgan fingerprint density at radius 2 is 2.41 bits per heavy atom. The van der Waals surface area contributed by atoms with Gasteiger partial charge >= 0.3 is 0 Å². The molecule has 1 amide bonds. The monoisotopic (exact) mass is 233 g/mol. The van der Waals surface area contributed by atoms with Crippen LogP contribution in [0.1, 0.15) is 43.0 Å². The van der Waals surface area contributed by atoms with E-state index < -0.39 is 0 Å². The largest absolute Gasteiger partial charge is 0.370 e. The summed E-state index contributed by atoms with van der Waals surface area (Å²) in [5.41, 5.74) is 7.65. The fourth-order valence-electron chi connectivity index (χ4n) is 2.31. The molecule has 0 fully saturated rings. The Kier molecular flexibility index (Phi) is 4.09. The van der Waals surface area contributed by atoms with Gasteiger partial charge in [-0.15, -0.1) is 0 Å². The van der Waals surface area contributed by atoms with Gasteiger partial charge in [-0.1, -0.05) is 6.07 Å². The number of hydrogen-bond donors (Lipinski definition) is 2. The summed E-state index contributed by atoms with van der Waals surface area (Å²) in [6.45, 7) is 0.925. The lowest BCUT2D eigenvalue weighted by Crippen LogP contribution is -2.21. The third-order valence-corrected chi connectivity index (χ3v) is 3.20. The predicted octanol–water partition coefficient (Wildman–Crippen LogP) is 1.31. The van der Waals surface area contributed by atoms with Crippen molar-refractivity contribution in [1.82, 2.24) is 10.3 Å². The minimum absolute atomic E-state index is 0.210. The summed E-state index contributed by atoms with van der Waals surface area (Å²) in [5.74, 6) is -0.210. The summed E-state index contributed by atoms with van der Waals surface area (Å²) in [5, 5.41) is 3.50. The van der Waals surface area contributed by atoms with Crippen molar-refractivity contribution in [2.24, 2.45) is 5.73 Å². The predicted molar refractivity (Wildman–Crippen MR) is 66.3 cm³/mol. The van der Waals surface area contributed by atoms with Gasteiger partial charge in [0.05, 0.1) is 11.7 Å². The van der Waals surface area contributed by atoms with Gasteiger partial charge in [0.15, 0.2) is 0 Å². The molecule has 1 aromatic heterocycles. The van der Waals surface area contributed by atoms with Gasteiger partial charge in [0.2, 0.25) is 5.91 Å². The van der Waals surface area contributed by atoms with Crippen LogP contribution in [0.4, 0.5) is 0 Å². The van der Waals surface area contributed by atoms with Crippen LogP contribution in [-0.4, -0.2) is 17.4 Å². The number of unbranched alkanes of at least 4 members (excludes halogenated alkanes) is 1. The molecule has 0 aliphatic heterocycles. The molecule has 3 N–H and O–H groups in total. The van der Waals surface area contributed by atoms with Gasteiger partial charge in [0, 0.05) is 12.6 Å². The Morgan fingerprint density at radius 3 is 3.24 bits per heavy atom. The molecular formula is C13H19N3O. The Morgan fingerprint density at radius 1 is 1.53 bits per heavy atom. The second-order valence-electron chi connectivity index (χ2n) is 4.52. The molecular weight excluding hydrogens is 214 g/mol. The lowest BCUT2D eigenvalue weighted by atomic mass is 10.2. The number of primary amides is 1. The first-order valence-corrected chi connectivity index (χ1v) is 6.23. The third kappa shape index (κ3) is 3.27. The zero-order chi connectivity index (χ0) is 12.1. The van der Waals surface area contributed by atoms with E-state index in [-0.39, 0.29) is 5.91 Å². The smallest absolute Gasteiger partial charge is 0.217 e. The van der Waals surface area contributed by atoms with Gasteiger partial charge < -0.3 is 11.1 Å². The molecule has 1 aromatic rings.